The van der Waals surface area contributed by atoms with Crippen LogP contribution in [-0.4, -0.2) is 68.3 Å². The molecule has 2 aromatic carbocycles. The number of nitrogens with one attached hydrogen (secondary N) is 3. The molecule has 12 nitrogen and oxygen atoms in total. The molecule has 1 heterocycles. The number of aliphatic carboxylic acids is 1. The molecule has 2 fully saturated rings. The molecule has 0 spiro atoms. The van der Waals surface area contributed by atoms with Gasteiger partial charge in [0.15, 0.2) is 6.17 Å². The van der Waals surface area contributed by atoms with Gasteiger partial charge in [0, 0.05) is 32.0 Å². The van der Waals surface area contributed by atoms with Crippen LogP contribution in [0.4, 0.5) is 0 Å². The van der Waals surface area contributed by atoms with Gasteiger partial charge in [-0.2, -0.15) is 9.82 Å². The summed E-state index contributed by atoms with van der Waals surface area (Å²) in [4.78, 5) is 39.5. The number of carboxylic acids is 1. The van der Waals surface area contributed by atoms with Crippen molar-refractivity contribution in [3.63, 3.8) is 0 Å². The highest BCUT2D eigenvalue weighted by molar-refractivity contribution is 7.89. The molecule has 41 heavy (non-hydrogen) atoms. The van der Waals surface area contributed by atoms with Crippen LogP contribution in [0, 0.1) is 17.8 Å². The molecule has 1 unspecified atom stereocenters. The first kappa shape index (κ1) is 30.0. The Morgan fingerprint density at radius 3 is 2.37 bits per heavy atom. The number of carboxylic acid groups (broad SMARTS) is 1. The number of nitrogens with two attached hydrogens (primary N) is 1. The number of amides is 2. The maximum absolute atomic E-state index is 13.0. The first-order valence-electron chi connectivity index (χ1n) is 13.6. The van der Waals surface area contributed by atoms with Crippen LogP contribution in [0.5, 0.6) is 0 Å². The smallest absolute Gasteiger partial charge is 0.342 e. The van der Waals surface area contributed by atoms with Crippen molar-refractivity contribution in [3.05, 3.63) is 54.6 Å². The van der Waals surface area contributed by atoms with Gasteiger partial charge in [0.25, 0.3) is 0 Å². The monoisotopic (exact) mass is 584 g/mol. The predicted molar refractivity (Wildman–Crippen MR) is 153 cm³/mol. The van der Waals surface area contributed by atoms with Crippen LogP contribution in [0.1, 0.15) is 32.1 Å². The van der Waals surface area contributed by atoms with Crippen molar-refractivity contribution in [2.45, 2.75) is 43.2 Å². The number of hydrazone groups is 1. The Morgan fingerprint density at radius 1 is 1.05 bits per heavy atom. The fraction of sp³-hybridized carbons (Fsp3) is 0.429. The Balaban J connectivity index is 1.33. The van der Waals surface area contributed by atoms with Crippen molar-refractivity contribution < 1.29 is 27.9 Å². The molecule has 13 heteroatoms. The molecule has 2 aliphatic rings. The fourth-order valence-corrected chi connectivity index (χ4v) is 6.15. The van der Waals surface area contributed by atoms with E-state index in [4.69, 9.17) is 5.84 Å². The first-order valence-corrected chi connectivity index (χ1v) is 15.1. The van der Waals surface area contributed by atoms with E-state index in [-0.39, 0.29) is 29.1 Å². The molecule has 0 aromatic heterocycles. The van der Waals surface area contributed by atoms with Crippen molar-refractivity contribution in [1.82, 2.24) is 20.3 Å². The molecule has 1 saturated heterocycles. The normalized spacial score (nSPS) is 18.9. The third kappa shape index (κ3) is 8.51. The number of hydrogen-bond acceptors (Lipinski definition) is 7. The van der Waals surface area contributed by atoms with Crippen LogP contribution < -0.4 is 21.2 Å². The van der Waals surface area contributed by atoms with Gasteiger partial charge < -0.3 is 26.5 Å². The Morgan fingerprint density at radius 2 is 1.73 bits per heavy atom. The Hall–Kier alpha value is -3.97. The van der Waals surface area contributed by atoms with Gasteiger partial charge in [-0.1, -0.05) is 42.5 Å². The second kappa shape index (κ2) is 13.6. The molecule has 3 atom stereocenters. The molecule has 0 radical (unpaired) electrons. The number of rotatable bonds is 13. The molecule has 0 bridgehead atoms. The highest BCUT2D eigenvalue weighted by Crippen LogP contribution is 2.38. The fourth-order valence-electron chi connectivity index (χ4n) is 5.05. The SMILES string of the molecule is NN=CN1CCC[C@@H](CNC(=O)C(CC(=O)N[C@@H](NS(=O)(=O)c2ccc(-c3ccccc3)cc2)C(=O)O)C2CC2)C1. The molecule has 2 aromatic rings. The summed E-state index contributed by atoms with van der Waals surface area (Å²) in [6.07, 6.45) is 2.92. The molecule has 6 N–H and O–H groups in total. The standard InChI is InChI=1S/C28H36N6O6S/c29-31-18-34-14-4-5-19(17-34)16-30-27(36)24(22-8-9-22)15-25(35)32-26(28(37)38)33-41(39,40)23-12-10-21(11-13-23)20-6-2-1-3-7-20/h1-3,6-7,10-13,18-19,22,24,26,33H,4-5,8-9,14-17,29H2,(H,30,36)(H,32,35)(H,37,38)/t19-,24?,26-/m0/s1. The highest BCUT2D eigenvalue weighted by Gasteiger charge is 2.38. The lowest BCUT2D eigenvalue weighted by atomic mass is 9.95. The molecule has 1 aliphatic carbocycles. The van der Waals surface area contributed by atoms with Gasteiger partial charge >= 0.3 is 5.97 Å². The summed E-state index contributed by atoms with van der Waals surface area (Å²) in [6.45, 7) is 2.01. The zero-order valence-corrected chi connectivity index (χ0v) is 23.4. The van der Waals surface area contributed by atoms with E-state index in [1.54, 1.807) is 18.5 Å². The Labute approximate surface area is 239 Å². The average Bonchev–Trinajstić information content (AvgIpc) is 3.81. The lowest BCUT2D eigenvalue weighted by Gasteiger charge is -2.31. The van der Waals surface area contributed by atoms with E-state index in [1.807, 2.05) is 40.0 Å². The summed E-state index contributed by atoms with van der Waals surface area (Å²) in [6, 6.07) is 15.3. The van der Waals surface area contributed by atoms with Gasteiger partial charge in [0.2, 0.25) is 21.8 Å². The van der Waals surface area contributed by atoms with Gasteiger partial charge in [0.05, 0.1) is 4.90 Å². The van der Waals surface area contributed by atoms with Gasteiger partial charge in [-0.3, -0.25) is 9.59 Å². The topological polar surface area (TPSA) is 183 Å². The largest absolute Gasteiger partial charge is 0.479 e. The van der Waals surface area contributed by atoms with Gasteiger partial charge in [-0.25, -0.2) is 13.2 Å². The minimum absolute atomic E-state index is 0.0241. The number of piperidine rings is 1. The van der Waals surface area contributed by atoms with E-state index in [0.29, 0.717) is 13.1 Å². The highest BCUT2D eigenvalue weighted by atomic mass is 32.2. The van der Waals surface area contributed by atoms with Crippen molar-refractivity contribution in [2.75, 3.05) is 19.6 Å². The maximum atomic E-state index is 13.0. The minimum atomic E-state index is -4.27. The van der Waals surface area contributed by atoms with Crippen LogP contribution in [-0.2, 0) is 24.4 Å². The van der Waals surface area contributed by atoms with Gasteiger partial charge in [0.1, 0.15) is 6.34 Å². The zero-order valence-electron chi connectivity index (χ0n) is 22.6. The summed E-state index contributed by atoms with van der Waals surface area (Å²) in [5, 5.41) is 18.4. The van der Waals surface area contributed by atoms with Gasteiger partial charge in [-0.05, 0) is 60.8 Å². The molecular formula is C28H36N6O6S. The lowest BCUT2D eigenvalue weighted by Crippen LogP contribution is -2.53. The van der Waals surface area contributed by atoms with Crippen LogP contribution in [0.3, 0.4) is 0 Å². The third-order valence-corrected chi connectivity index (χ3v) is 8.81. The summed E-state index contributed by atoms with van der Waals surface area (Å²) >= 11 is 0. The second-order valence-corrected chi connectivity index (χ2v) is 12.2. The molecule has 1 aliphatic heterocycles. The molecular weight excluding hydrogens is 548 g/mol. The van der Waals surface area contributed by atoms with E-state index < -0.39 is 34.0 Å². The van der Waals surface area contributed by atoms with Crippen LogP contribution >= 0.6 is 0 Å². The van der Waals surface area contributed by atoms with Crippen molar-refractivity contribution in [3.8, 4) is 11.1 Å². The predicted octanol–water partition coefficient (Wildman–Crippen LogP) is 1.31. The number of likely N-dealkylation sites (tertiary alicyclic amines) is 1. The van der Waals surface area contributed by atoms with Crippen LogP contribution in [0.15, 0.2) is 64.6 Å². The van der Waals surface area contributed by atoms with E-state index in [0.717, 1.165) is 43.4 Å². The average molecular weight is 585 g/mol. The lowest BCUT2D eigenvalue weighted by molar-refractivity contribution is -0.142. The Kier molecular flexibility index (Phi) is 9.95. The summed E-state index contributed by atoms with van der Waals surface area (Å²) in [7, 11) is -4.27. The molecule has 1 saturated carbocycles. The summed E-state index contributed by atoms with van der Waals surface area (Å²) < 4.78 is 27.9. The molecule has 4 rings (SSSR count). The van der Waals surface area contributed by atoms with Crippen molar-refractivity contribution in [1.29, 1.82) is 0 Å². The maximum Gasteiger partial charge on any atom is 0.342 e. The number of nitrogens with zero attached hydrogens (tertiary/aromatic N) is 2. The number of carbonyl (C=O) groups excluding carboxylic acids is 2. The Bertz CT molecular complexity index is 1350. The number of carbonyl (C=O) groups is 3. The van der Waals surface area contributed by atoms with Crippen molar-refractivity contribution >= 4 is 34.1 Å². The molecule has 220 valence electrons. The molecule has 2 amide bonds. The summed E-state index contributed by atoms with van der Waals surface area (Å²) in [5.41, 5.74) is 1.69. The number of sulfonamides is 1. The van der Waals surface area contributed by atoms with E-state index in [9.17, 15) is 27.9 Å². The quantitative estimate of drug-likeness (QED) is 0.0767. The summed E-state index contributed by atoms with van der Waals surface area (Å²) in [5.74, 6) is 2.29. The van der Waals surface area contributed by atoms with Crippen LogP contribution in [0.25, 0.3) is 11.1 Å². The number of benzene rings is 2. The third-order valence-electron chi connectivity index (χ3n) is 7.38. The second-order valence-electron chi connectivity index (χ2n) is 10.5. The van der Waals surface area contributed by atoms with Crippen LogP contribution in [0.2, 0.25) is 0 Å². The minimum Gasteiger partial charge on any atom is -0.479 e. The van der Waals surface area contributed by atoms with E-state index >= 15 is 0 Å². The zero-order chi connectivity index (χ0) is 29.4. The van der Waals surface area contributed by atoms with E-state index in [1.165, 1.54) is 12.1 Å². The number of hydrogen-bond donors (Lipinski definition) is 5. The van der Waals surface area contributed by atoms with Gasteiger partial charge in [-0.15, -0.1) is 0 Å². The van der Waals surface area contributed by atoms with Crippen molar-refractivity contribution in [2.24, 2.45) is 28.7 Å². The van der Waals surface area contributed by atoms with E-state index in [2.05, 4.69) is 15.7 Å². The first-order chi connectivity index (χ1) is 19.7.